The average molecular weight is 1830 g/mol. The van der Waals surface area contributed by atoms with E-state index in [1.807, 2.05) is 127 Å². The molecule has 0 unspecified atom stereocenters. The van der Waals surface area contributed by atoms with Crippen molar-refractivity contribution in [3.05, 3.63) is 305 Å². The second-order valence-corrected chi connectivity index (χ2v) is 35.7. The van der Waals surface area contributed by atoms with E-state index in [4.69, 9.17) is 28.2 Å². The molecule has 4 bridgehead atoms. The molecule has 12 N–H and O–H groups in total. The number of halogens is 3. The summed E-state index contributed by atoms with van der Waals surface area (Å²) in [7, 11) is 0. The van der Waals surface area contributed by atoms with Gasteiger partial charge in [-0.3, -0.25) is 38.4 Å². The predicted octanol–water partition coefficient (Wildman–Crippen LogP) is 22.9. The molecule has 674 valence electrons. The Hall–Kier alpha value is -15.4. The van der Waals surface area contributed by atoms with Crippen LogP contribution in [0.25, 0.3) is 89.7 Å². The molecule has 6 heterocycles. The highest BCUT2D eigenvalue weighted by molar-refractivity contribution is 6.42. The Labute approximate surface area is 780 Å². The van der Waals surface area contributed by atoms with E-state index in [1.54, 1.807) is 103 Å². The Morgan fingerprint density at radius 3 is 1.07 bits per heavy atom. The summed E-state index contributed by atoms with van der Waals surface area (Å²) in [6.45, 7) is 1.48. The van der Waals surface area contributed by atoms with Gasteiger partial charge in [0.1, 0.15) is 40.8 Å². The first kappa shape index (κ1) is 89.3. The van der Waals surface area contributed by atoms with Crippen molar-refractivity contribution in [2.45, 2.75) is 116 Å². The molecular weight excluding hydrogens is 1730 g/mol. The average Bonchev–Trinajstić information content (AvgIpc) is 1.11. The molecule has 6 aliphatic carbocycles. The van der Waals surface area contributed by atoms with Crippen molar-refractivity contribution in [1.82, 2.24) is 55.2 Å². The highest BCUT2D eigenvalue weighted by Gasteiger charge is 2.54. The number of carbonyl (C=O) groups excluding carboxylic acids is 8. The van der Waals surface area contributed by atoms with Crippen molar-refractivity contribution in [1.29, 1.82) is 0 Å². The van der Waals surface area contributed by atoms with Crippen LogP contribution >= 0.6 is 23.2 Å². The quantitative estimate of drug-likeness (QED) is 0.0358. The zero-order chi connectivity index (χ0) is 92.4. The minimum atomic E-state index is -0.374. The third kappa shape index (κ3) is 21.6. The Morgan fingerprint density at radius 2 is 0.694 bits per heavy atom. The fourth-order valence-electron chi connectivity index (χ4n) is 18.8. The second kappa shape index (κ2) is 40.2. The van der Waals surface area contributed by atoms with Crippen LogP contribution in [0, 0.1) is 34.9 Å². The molecule has 0 spiro atoms. The number of H-pyrrole nitrogens is 4. The number of nitrogens with one attached hydrogen (secondary N) is 12. The number of rotatable bonds is 19. The molecule has 6 saturated carbocycles. The van der Waals surface area contributed by atoms with Gasteiger partial charge in [-0.15, -0.1) is 0 Å². The van der Waals surface area contributed by atoms with Crippen LogP contribution in [0.3, 0.4) is 0 Å². The van der Waals surface area contributed by atoms with Gasteiger partial charge in [-0.1, -0.05) is 73.9 Å². The lowest BCUT2D eigenvalue weighted by molar-refractivity contribution is -0.140. The van der Waals surface area contributed by atoms with Crippen molar-refractivity contribution in [3.8, 4) is 45.6 Å². The van der Waals surface area contributed by atoms with E-state index in [0.717, 1.165) is 160 Å². The van der Waals surface area contributed by atoms with E-state index >= 15 is 0 Å². The minimum Gasteiger partial charge on any atom is -0.349 e. The lowest BCUT2D eigenvalue weighted by Gasteiger charge is -2.55. The lowest BCUT2D eigenvalue weighted by Crippen LogP contribution is -2.51. The number of aromatic amines is 4. The molecule has 29 heteroatoms. The van der Waals surface area contributed by atoms with Crippen molar-refractivity contribution in [2.24, 2.45) is 29.1 Å². The van der Waals surface area contributed by atoms with Crippen LogP contribution in [0.1, 0.15) is 161 Å². The summed E-state index contributed by atoms with van der Waals surface area (Å²) < 4.78 is 13.1. The van der Waals surface area contributed by atoms with Gasteiger partial charge >= 0.3 is 0 Å². The van der Waals surface area contributed by atoms with Crippen molar-refractivity contribution >= 4 is 155 Å². The number of nitrogens with zero attached hydrogens (tertiary/aromatic N) is 6. The Kier molecular flexibility index (Phi) is 26.8. The minimum absolute atomic E-state index is 0.0235. The fraction of sp³-hybridized carbons (Fsp3) is 0.219. The molecule has 16 aromatic rings. The van der Waals surface area contributed by atoms with Gasteiger partial charge in [-0.05, 0) is 319 Å². The molecule has 26 nitrogen and oxygen atoms in total. The maximum Gasteiger partial charge on any atom is 0.256 e. The van der Waals surface area contributed by atoms with Gasteiger partial charge in [0.25, 0.3) is 29.5 Å². The van der Waals surface area contributed by atoms with Gasteiger partial charge < -0.3 is 62.5 Å². The number of hydrogen-bond acceptors (Lipinski definition) is 14. The van der Waals surface area contributed by atoms with Crippen LogP contribution in [-0.2, 0) is 14.4 Å². The normalized spacial score (nSPS) is 16.6. The number of anilines is 7. The second-order valence-electron chi connectivity index (χ2n) is 34.9. The van der Waals surface area contributed by atoms with Crippen molar-refractivity contribution in [2.75, 3.05) is 37.2 Å². The number of imidazole rings is 4. The number of fused-ring (bicyclic) bond motifs is 4. The summed E-state index contributed by atoms with van der Waals surface area (Å²) in [5, 5.41) is 24.0. The highest BCUT2D eigenvalue weighted by atomic mass is 35.5. The van der Waals surface area contributed by atoms with Crippen LogP contribution in [0.4, 0.5) is 44.5 Å². The molecule has 0 atom stereocenters. The standard InChI is InChI=1S/C30H29N5O2.C27H17Cl2FN4O2.C26H25N5O2.C22H24N4O2/c36-28(35-26-3-1-2-10-31-26)22-6-9-24-25(14-22)34-27(33-24)21-4-7-23(8-5-21)32-29(37)30-15-18-11-19(16-30)13-20(12-18)17-30;28-21-11-3-16(13-22(21)29)26(35)31-19-7-1-15(2-8-19)25-33-23-12-4-17(14-24(23)34-25)27(36)32-20-9-5-18(30)6-10-20;32-25(18-6-2-1-3-7-18)28-20-12-9-17(10-13-20)24-29-21-14-11-19(16-22(21)30-24)26(33)31-23-8-4-5-15-27-23;1-14(27)23-18-10-7-15(8-11-18)21-25-19-12-9-16(13-20(19)26-21)22(28)24-17-5-3-2-4-6-17/h1-10,14,18-20H,11-13,15-17H2,(H,32,37)(H,33,34)(H,31,35,36);1-14H,(H,31,35)(H,32,36)(H,33,34);4-5,8-16,18H,1-3,6-7H2,(H,28,32)(H,29,30)(H,27,31,33);7-13,17H,2-6H2,1H3,(H,23,27)(H,24,28)(H,25,26). The van der Waals surface area contributed by atoms with Crippen LogP contribution < -0.4 is 42.5 Å². The third-order valence-electron chi connectivity index (χ3n) is 25.2. The van der Waals surface area contributed by atoms with Gasteiger partial charge in [0, 0.05) is 110 Å². The van der Waals surface area contributed by atoms with Gasteiger partial charge in [-0.2, -0.15) is 0 Å². The van der Waals surface area contributed by atoms with Crippen LogP contribution in [0.5, 0.6) is 0 Å². The Balaban J connectivity index is 0.000000120. The molecular formula is C105H95Cl2FN18O8. The maximum absolute atomic E-state index is 13.4. The molecule has 0 aliphatic heterocycles. The molecule has 0 radical (unpaired) electrons. The Bertz CT molecular complexity index is 7010. The van der Waals surface area contributed by atoms with Crippen molar-refractivity contribution in [3.63, 3.8) is 0 Å². The summed E-state index contributed by atoms with van der Waals surface area (Å²) in [6.07, 6.45) is 21.7. The first-order valence-corrected chi connectivity index (χ1v) is 45.8. The maximum atomic E-state index is 13.4. The molecule has 6 aliphatic rings. The van der Waals surface area contributed by atoms with E-state index in [0.29, 0.717) is 83.6 Å². The summed E-state index contributed by atoms with van der Waals surface area (Å²) in [5.41, 5.74) is 15.5. The van der Waals surface area contributed by atoms with E-state index in [1.165, 1.54) is 82.2 Å². The third-order valence-corrected chi connectivity index (χ3v) is 26.0. The SMILES string of the molecule is CC(=O)Nc1ccc(-c2nc3ccc(C(=O)NC4CCCCC4)cc3[nH]2)cc1.O=C(Nc1ccc(-c2nc3ccc(C(=O)Nc4ccc(F)cc4)cc3[nH]2)cc1)c1ccc(Cl)c(Cl)c1.O=C(Nc1ccccn1)c1ccc2nc(-c3ccc(NC(=O)C45CC6CC(CC(C6)C4)C5)cc3)[nH]c2c1.O=C(Nc1ccccn1)c1ccc2nc(-c3ccc(NC(=O)C4CCCCC4)cc3)[nH]c2c1. The van der Waals surface area contributed by atoms with E-state index in [-0.39, 0.29) is 70.4 Å². The first-order chi connectivity index (χ1) is 65.1. The first-order valence-electron chi connectivity index (χ1n) is 45.0. The number of aromatic nitrogens is 10. The summed E-state index contributed by atoms with van der Waals surface area (Å²) in [5.74, 6) is 4.88. The number of hydrogen-bond donors (Lipinski definition) is 12. The van der Waals surface area contributed by atoms with Crippen LogP contribution in [0.2, 0.25) is 10.0 Å². The summed E-state index contributed by atoms with van der Waals surface area (Å²) in [4.78, 5) is 140. The van der Waals surface area contributed by atoms with E-state index < -0.39 is 0 Å². The molecule has 6 fully saturated rings. The largest absolute Gasteiger partial charge is 0.349 e. The molecule has 10 aromatic carbocycles. The van der Waals surface area contributed by atoms with Gasteiger partial charge in [0.05, 0.1) is 59.6 Å². The zero-order valence-corrected chi connectivity index (χ0v) is 74.6. The smallest absolute Gasteiger partial charge is 0.256 e. The Morgan fingerprint density at radius 1 is 0.351 bits per heavy atom. The monoisotopic (exact) mass is 1820 g/mol. The number of amides is 8. The zero-order valence-electron chi connectivity index (χ0n) is 73.1. The molecule has 22 rings (SSSR count). The number of pyridine rings is 2. The van der Waals surface area contributed by atoms with Gasteiger partial charge in [0.2, 0.25) is 17.7 Å². The lowest BCUT2D eigenvalue weighted by atomic mass is 9.49. The summed E-state index contributed by atoms with van der Waals surface area (Å²) in [6, 6.07) is 72.9. The number of benzene rings is 10. The van der Waals surface area contributed by atoms with E-state index in [2.05, 4.69) is 87.4 Å². The van der Waals surface area contributed by atoms with Crippen LogP contribution in [-0.4, -0.2) is 103 Å². The van der Waals surface area contributed by atoms with Crippen molar-refractivity contribution < 1.29 is 42.7 Å². The van der Waals surface area contributed by atoms with E-state index in [9.17, 15) is 42.7 Å². The highest BCUT2D eigenvalue weighted by Crippen LogP contribution is 2.60. The number of carbonyl (C=O) groups is 8. The topological polar surface area (TPSA) is 373 Å². The van der Waals surface area contributed by atoms with Crippen LogP contribution in [0.15, 0.2) is 261 Å². The van der Waals surface area contributed by atoms with Gasteiger partial charge in [0.15, 0.2) is 0 Å². The van der Waals surface area contributed by atoms with Gasteiger partial charge in [-0.25, -0.2) is 34.3 Å². The predicted molar refractivity (Wildman–Crippen MR) is 522 cm³/mol. The fourth-order valence-corrected chi connectivity index (χ4v) is 19.1. The molecule has 8 amide bonds. The molecule has 6 aromatic heterocycles. The molecule has 0 saturated heterocycles. The molecule has 134 heavy (non-hydrogen) atoms. The summed E-state index contributed by atoms with van der Waals surface area (Å²) >= 11 is 11.9.